The van der Waals surface area contributed by atoms with Crippen molar-refractivity contribution in [3.05, 3.63) is 87.7 Å². The van der Waals surface area contributed by atoms with Crippen molar-refractivity contribution in [2.45, 2.75) is 13.8 Å². The van der Waals surface area contributed by atoms with Crippen molar-refractivity contribution in [2.24, 2.45) is 0 Å². The summed E-state index contributed by atoms with van der Waals surface area (Å²) >= 11 is 0. The number of para-hydroxylation sites is 1. The first-order valence-corrected chi connectivity index (χ1v) is 7.77. The summed E-state index contributed by atoms with van der Waals surface area (Å²) in [6.07, 6.45) is 0. The number of nitro groups is 1. The van der Waals surface area contributed by atoms with E-state index in [0.717, 1.165) is 17.1 Å². The molecule has 1 aromatic heterocycles. The zero-order valence-corrected chi connectivity index (χ0v) is 13.9. The molecule has 126 valence electrons. The van der Waals surface area contributed by atoms with E-state index in [2.05, 4.69) is 5.32 Å². The van der Waals surface area contributed by atoms with Gasteiger partial charge in [0, 0.05) is 34.9 Å². The fraction of sp³-hybridized carbons (Fsp3) is 0.105. The Kier molecular flexibility index (Phi) is 4.35. The number of nitro benzene ring substituents is 1. The van der Waals surface area contributed by atoms with E-state index in [0.29, 0.717) is 11.3 Å². The maximum absolute atomic E-state index is 12.6. The highest BCUT2D eigenvalue weighted by Crippen LogP contribution is 2.23. The second kappa shape index (κ2) is 6.60. The number of amides is 1. The Balaban J connectivity index is 1.91. The molecule has 0 unspecified atom stereocenters. The van der Waals surface area contributed by atoms with Crippen LogP contribution < -0.4 is 5.32 Å². The van der Waals surface area contributed by atoms with Crippen molar-refractivity contribution < 1.29 is 9.72 Å². The lowest BCUT2D eigenvalue weighted by molar-refractivity contribution is -0.384. The zero-order chi connectivity index (χ0) is 18.0. The number of nitrogens with one attached hydrogen (secondary N) is 1. The number of rotatable bonds is 4. The Morgan fingerprint density at radius 1 is 1.04 bits per heavy atom. The number of anilines is 1. The summed E-state index contributed by atoms with van der Waals surface area (Å²) in [5.74, 6) is -0.296. The van der Waals surface area contributed by atoms with Crippen LogP contribution in [0.15, 0.2) is 60.7 Å². The molecule has 0 aliphatic rings. The summed E-state index contributed by atoms with van der Waals surface area (Å²) in [5, 5.41) is 13.6. The van der Waals surface area contributed by atoms with E-state index in [1.807, 2.05) is 54.8 Å². The Morgan fingerprint density at radius 3 is 2.44 bits per heavy atom. The molecular weight excluding hydrogens is 318 g/mol. The summed E-state index contributed by atoms with van der Waals surface area (Å²) in [7, 11) is 0. The van der Waals surface area contributed by atoms with Crippen molar-refractivity contribution in [1.29, 1.82) is 0 Å². The Hall–Kier alpha value is -3.41. The first-order chi connectivity index (χ1) is 12.0. The normalized spacial score (nSPS) is 10.5. The quantitative estimate of drug-likeness (QED) is 0.572. The molecule has 0 saturated heterocycles. The highest BCUT2D eigenvalue weighted by Gasteiger charge is 2.17. The third-order valence-corrected chi connectivity index (χ3v) is 4.00. The number of carbonyl (C=O) groups excluding carboxylic acids is 1. The molecule has 3 aromatic rings. The van der Waals surface area contributed by atoms with E-state index >= 15 is 0 Å². The Morgan fingerprint density at radius 2 is 1.76 bits per heavy atom. The van der Waals surface area contributed by atoms with Crippen LogP contribution in [0.1, 0.15) is 21.7 Å². The van der Waals surface area contributed by atoms with E-state index in [1.165, 1.54) is 12.1 Å². The summed E-state index contributed by atoms with van der Waals surface area (Å²) < 4.78 is 2.00. The van der Waals surface area contributed by atoms with Gasteiger partial charge in [0.15, 0.2) is 0 Å². The van der Waals surface area contributed by atoms with Crippen LogP contribution in [0.4, 0.5) is 11.4 Å². The number of carbonyl (C=O) groups is 1. The molecule has 0 bridgehead atoms. The van der Waals surface area contributed by atoms with Gasteiger partial charge < -0.3 is 9.88 Å². The molecule has 0 aliphatic carbocycles. The van der Waals surface area contributed by atoms with Crippen LogP contribution in [0.3, 0.4) is 0 Å². The average Bonchev–Trinajstić information content (AvgIpc) is 2.90. The predicted octanol–water partition coefficient (Wildman–Crippen LogP) is 4.25. The summed E-state index contributed by atoms with van der Waals surface area (Å²) in [4.78, 5) is 23.0. The van der Waals surface area contributed by atoms with Crippen molar-refractivity contribution in [2.75, 3.05) is 5.32 Å². The van der Waals surface area contributed by atoms with Gasteiger partial charge in [0.05, 0.1) is 10.5 Å². The number of hydrogen-bond donors (Lipinski definition) is 1. The second-order valence-electron chi connectivity index (χ2n) is 5.72. The molecule has 0 spiro atoms. The van der Waals surface area contributed by atoms with Gasteiger partial charge in [0.1, 0.15) is 0 Å². The van der Waals surface area contributed by atoms with Gasteiger partial charge in [-0.05, 0) is 38.1 Å². The highest BCUT2D eigenvalue weighted by molar-refractivity contribution is 6.05. The lowest BCUT2D eigenvalue weighted by atomic mass is 10.2. The Labute approximate surface area is 144 Å². The van der Waals surface area contributed by atoms with Crippen LogP contribution in [0.25, 0.3) is 5.69 Å². The standard InChI is InChI=1S/C19H17N3O3/c1-13-11-18(14(2)21(13)16-8-4-3-5-9-16)19(23)20-15-7-6-10-17(12-15)22(24)25/h3-12H,1-2H3,(H,20,23). The monoisotopic (exact) mass is 335 g/mol. The summed E-state index contributed by atoms with van der Waals surface area (Å²) in [6.45, 7) is 3.81. The molecule has 0 saturated carbocycles. The maximum atomic E-state index is 12.6. The van der Waals surface area contributed by atoms with Gasteiger partial charge in [-0.1, -0.05) is 24.3 Å². The molecule has 6 nitrogen and oxygen atoms in total. The molecule has 1 N–H and O–H groups in total. The van der Waals surface area contributed by atoms with Gasteiger partial charge in [-0.25, -0.2) is 0 Å². The minimum absolute atomic E-state index is 0.0624. The molecule has 2 aromatic carbocycles. The van der Waals surface area contributed by atoms with Gasteiger partial charge in [-0.15, -0.1) is 0 Å². The smallest absolute Gasteiger partial charge is 0.271 e. The topological polar surface area (TPSA) is 77.2 Å². The minimum atomic E-state index is -0.489. The largest absolute Gasteiger partial charge is 0.322 e. The summed E-state index contributed by atoms with van der Waals surface area (Å²) in [6, 6.07) is 17.5. The van der Waals surface area contributed by atoms with Crippen LogP contribution in [0.2, 0.25) is 0 Å². The molecule has 6 heteroatoms. The van der Waals surface area contributed by atoms with Crippen LogP contribution in [-0.4, -0.2) is 15.4 Å². The second-order valence-corrected chi connectivity index (χ2v) is 5.72. The molecular formula is C19H17N3O3. The van der Waals surface area contributed by atoms with Gasteiger partial charge in [-0.3, -0.25) is 14.9 Å². The van der Waals surface area contributed by atoms with Crippen LogP contribution in [0.5, 0.6) is 0 Å². The fourth-order valence-electron chi connectivity index (χ4n) is 2.86. The molecule has 1 amide bonds. The minimum Gasteiger partial charge on any atom is -0.322 e. The van der Waals surface area contributed by atoms with E-state index in [4.69, 9.17) is 0 Å². The van der Waals surface area contributed by atoms with Gasteiger partial charge in [-0.2, -0.15) is 0 Å². The van der Waals surface area contributed by atoms with Crippen molar-refractivity contribution in [1.82, 2.24) is 4.57 Å². The number of aryl methyl sites for hydroxylation is 1. The van der Waals surface area contributed by atoms with Crippen molar-refractivity contribution in [3.63, 3.8) is 0 Å². The highest BCUT2D eigenvalue weighted by atomic mass is 16.6. The predicted molar refractivity (Wildman–Crippen MR) is 96.3 cm³/mol. The van der Waals surface area contributed by atoms with Gasteiger partial charge in [0.2, 0.25) is 0 Å². The Bertz CT molecular complexity index is 946. The van der Waals surface area contributed by atoms with Crippen LogP contribution in [-0.2, 0) is 0 Å². The third kappa shape index (κ3) is 3.28. The molecule has 0 atom stereocenters. The molecule has 0 aliphatic heterocycles. The van der Waals surface area contributed by atoms with Crippen LogP contribution >= 0.6 is 0 Å². The van der Waals surface area contributed by atoms with Crippen molar-refractivity contribution in [3.8, 4) is 5.69 Å². The number of benzene rings is 2. The number of nitrogens with zero attached hydrogens (tertiary/aromatic N) is 2. The molecule has 1 heterocycles. The first-order valence-electron chi connectivity index (χ1n) is 7.77. The van der Waals surface area contributed by atoms with Gasteiger partial charge >= 0.3 is 0 Å². The van der Waals surface area contributed by atoms with Crippen LogP contribution in [0, 0.1) is 24.0 Å². The van der Waals surface area contributed by atoms with E-state index < -0.39 is 4.92 Å². The fourth-order valence-corrected chi connectivity index (χ4v) is 2.86. The lowest BCUT2D eigenvalue weighted by Gasteiger charge is -2.10. The molecule has 3 rings (SSSR count). The average molecular weight is 335 g/mol. The summed E-state index contributed by atoms with van der Waals surface area (Å²) in [5.41, 5.74) is 3.59. The number of aromatic nitrogens is 1. The molecule has 25 heavy (non-hydrogen) atoms. The maximum Gasteiger partial charge on any atom is 0.271 e. The molecule has 0 fully saturated rings. The SMILES string of the molecule is Cc1cc(C(=O)Nc2cccc([N+](=O)[O-])c2)c(C)n1-c1ccccc1. The zero-order valence-electron chi connectivity index (χ0n) is 13.9. The third-order valence-electron chi connectivity index (χ3n) is 4.00. The van der Waals surface area contributed by atoms with Crippen molar-refractivity contribution >= 4 is 17.3 Å². The van der Waals surface area contributed by atoms with E-state index in [-0.39, 0.29) is 11.6 Å². The lowest BCUT2D eigenvalue weighted by Crippen LogP contribution is -2.13. The van der Waals surface area contributed by atoms with E-state index in [1.54, 1.807) is 12.1 Å². The van der Waals surface area contributed by atoms with E-state index in [9.17, 15) is 14.9 Å². The number of hydrogen-bond acceptors (Lipinski definition) is 3. The van der Waals surface area contributed by atoms with Gasteiger partial charge in [0.25, 0.3) is 11.6 Å². The molecule has 0 radical (unpaired) electrons. The number of non-ortho nitro benzene ring substituents is 1. The first kappa shape index (κ1) is 16.4.